The van der Waals surface area contributed by atoms with E-state index in [9.17, 15) is 4.79 Å². The summed E-state index contributed by atoms with van der Waals surface area (Å²) in [5.74, 6) is 0.0504. The molecule has 1 saturated heterocycles. The van der Waals surface area contributed by atoms with Crippen LogP contribution in [0.15, 0.2) is 24.5 Å². The molecule has 1 amide bonds. The first-order valence-corrected chi connectivity index (χ1v) is 5.72. The molecule has 0 aliphatic carbocycles. The molecule has 0 bridgehead atoms. The highest BCUT2D eigenvalue weighted by Gasteiger charge is 2.24. The Morgan fingerprint density at radius 3 is 3.18 bits per heavy atom. The van der Waals surface area contributed by atoms with Gasteiger partial charge in [-0.05, 0) is 24.6 Å². The number of carbonyl (C=O) groups is 1. The van der Waals surface area contributed by atoms with Gasteiger partial charge in [-0.1, -0.05) is 0 Å². The van der Waals surface area contributed by atoms with Gasteiger partial charge in [-0.2, -0.15) is 0 Å². The second-order valence-corrected chi connectivity index (χ2v) is 4.43. The molecule has 5 heteroatoms. The zero-order valence-corrected chi connectivity index (χ0v) is 9.39. The van der Waals surface area contributed by atoms with Crippen LogP contribution < -0.4 is 5.73 Å². The first kappa shape index (κ1) is 10.3. The molecule has 0 unspecified atom stereocenters. The van der Waals surface area contributed by atoms with Gasteiger partial charge in [0.05, 0.1) is 17.4 Å². The van der Waals surface area contributed by atoms with Crippen molar-refractivity contribution in [3.05, 3.63) is 30.1 Å². The lowest BCUT2D eigenvalue weighted by Gasteiger charge is -2.15. The summed E-state index contributed by atoms with van der Waals surface area (Å²) in [5.41, 5.74) is 8.26. The van der Waals surface area contributed by atoms with Gasteiger partial charge in [-0.3, -0.25) is 4.79 Å². The Morgan fingerprint density at radius 1 is 1.53 bits per heavy atom. The molecule has 0 spiro atoms. The summed E-state index contributed by atoms with van der Waals surface area (Å²) in [6, 6.07) is 5.63. The molecule has 0 radical (unpaired) electrons. The Hall–Kier alpha value is -1.88. The minimum atomic E-state index is 0.0504. The summed E-state index contributed by atoms with van der Waals surface area (Å²) < 4.78 is 0. The summed E-state index contributed by atoms with van der Waals surface area (Å²) in [6.45, 7) is 1.40. The van der Waals surface area contributed by atoms with Crippen molar-refractivity contribution < 1.29 is 4.79 Å². The first-order valence-electron chi connectivity index (χ1n) is 5.72. The van der Waals surface area contributed by atoms with E-state index in [0.29, 0.717) is 12.1 Å². The fraction of sp³-hybridized carbons (Fsp3) is 0.333. The zero-order valence-electron chi connectivity index (χ0n) is 9.39. The van der Waals surface area contributed by atoms with Crippen molar-refractivity contribution in [2.24, 2.45) is 5.73 Å². The Bertz CT molecular complexity index is 562. The molecule has 3 rings (SSSR count). The van der Waals surface area contributed by atoms with Crippen molar-refractivity contribution in [2.75, 3.05) is 13.1 Å². The minimum Gasteiger partial charge on any atom is -0.345 e. The van der Waals surface area contributed by atoms with Gasteiger partial charge in [0.15, 0.2) is 0 Å². The van der Waals surface area contributed by atoms with E-state index in [2.05, 4.69) is 9.97 Å². The second-order valence-electron chi connectivity index (χ2n) is 4.43. The summed E-state index contributed by atoms with van der Waals surface area (Å²) in [5, 5.41) is 0. The second kappa shape index (κ2) is 3.85. The predicted octanol–water partition coefficient (Wildman–Crippen LogP) is 0.736. The van der Waals surface area contributed by atoms with Gasteiger partial charge < -0.3 is 15.6 Å². The number of rotatable bonds is 1. The minimum absolute atomic E-state index is 0.0504. The number of carbonyl (C=O) groups excluding carboxylic acids is 1. The number of nitrogens with two attached hydrogens (primary N) is 1. The van der Waals surface area contributed by atoms with E-state index in [4.69, 9.17) is 5.73 Å². The van der Waals surface area contributed by atoms with Crippen LogP contribution in [0.5, 0.6) is 0 Å². The van der Waals surface area contributed by atoms with Gasteiger partial charge in [-0.15, -0.1) is 0 Å². The van der Waals surface area contributed by atoms with Gasteiger partial charge in [0.25, 0.3) is 5.91 Å². The third-order valence-corrected chi connectivity index (χ3v) is 3.18. The molecule has 1 aliphatic heterocycles. The largest absolute Gasteiger partial charge is 0.345 e. The molecular weight excluding hydrogens is 216 g/mol. The maximum atomic E-state index is 12.2. The number of fused-ring (bicyclic) bond motifs is 1. The van der Waals surface area contributed by atoms with Crippen LogP contribution in [0.4, 0.5) is 0 Å². The SMILES string of the molecule is N[C@H]1CCN(C(=O)c2ccc3nc[nH]c3c2)C1. The number of aromatic amines is 1. The van der Waals surface area contributed by atoms with E-state index in [0.717, 1.165) is 24.0 Å². The maximum absolute atomic E-state index is 12.2. The molecule has 2 aromatic rings. The Morgan fingerprint density at radius 2 is 2.41 bits per heavy atom. The van der Waals surface area contributed by atoms with Crippen LogP contribution in [-0.4, -0.2) is 39.9 Å². The summed E-state index contributed by atoms with van der Waals surface area (Å²) >= 11 is 0. The fourth-order valence-corrected chi connectivity index (χ4v) is 2.22. The Balaban J connectivity index is 1.89. The number of hydrogen-bond acceptors (Lipinski definition) is 3. The van der Waals surface area contributed by atoms with E-state index < -0.39 is 0 Å². The van der Waals surface area contributed by atoms with Crippen LogP contribution in [0, 0.1) is 0 Å². The number of nitrogens with zero attached hydrogens (tertiary/aromatic N) is 2. The Labute approximate surface area is 98.6 Å². The zero-order chi connectivity index (χ0) is 11.8. The Kier molecular flexibility index (Phi) is 2.33. The first-order chi connectivity index (χ1) is 8.24. The highest BCUT2D eigenvalue weighted by Crippen LogP contribution is 2.16. The topological polar surface area (TPSA) is 75.0 Å². The fourth-order valence-electron chi connectivity index (χ4n) is 2.22. The molecule has 2 heterocycles. The molecule has 5 nitrogen and oxygen atoms in total. The standard InChI is InChI=1S/C12H14N4O/c13-9-3-4-16(6-9)12(17)8-1-2-10-11(5-8)15-7-14-10/h1-2,5,7,9H,3-4,6,13H2,(H,14,15)/t9-/m0/s1. The average molecular weight is 230 g/mol. The molecule has 1 aromatic heterocycles. The molecule has 1 aromatic carbocycles. The van der Waals surface area contributed by atoms with Gasteiger partial charge >= 0.3 is 0 Å². The van der Waals surface area contributed by atoms with E-state index in [1.807, 2.05) is 23.1 Å². The highest BCUT2D eigenvalue weighted by molar-refractivity contribution is 5.97. The van der Waals surface area contributed by atoms with Crippen molar-refractivity contribution in [3.63, 3.8) is 0 Å². The van der Waals surface area contributed by atoms with Crippen LogP contribution in [0.3, 0.4) is 0 Å². The normalized spacial score (nSPS) is 20.1. The molecule has 1 fully saturated rings. The van der Waals surface area contributed by atoms with Crippen LogP contribution >= 0.6 is 0 Å². The van der Waals surface area contributed by atoms with E-state index in [1.165, 1.54) is 0 Å². The number of nitrogens with one attached hydrogen (secondary N) is 1. The number of amides is 1. The molecule has 1 aliphatic rings. The number of hydrogen-bond donors (Lipinski definition) is 2. The van der Waals surface area contributed by atoms with Gasteiger partial charge in [-0.25, -0.2) is 4.98 Å². The highest BCUT2D eigenvalue weighted by atomic mass is 16.2. The van der Waals surface area contributed by atoms with Crippen LogP contribution in [0.2, 0.25) is 0 Å². The number of aromatic nitrogens is 2. The van der Waals surface area contributed by atoms with E-state index in [1.54, 1.807) is 6.33 Å². The summed E-state index contributed by atoms with van der Waals surface area (Å²) in [4.78, 5) is 21.1. The van der Waals surface area contributed by atoms with Gasteiger partial charge in [0.1, 0.15) is 0 Å². The predicted molar refractivity (Wildman–Crippen MR) is 64.6 cm³/mol. The van der Waals surface area contributed by atoms with E-state index >= 15 is 0 Å². The van der Waals surface area contributed by atoms with Crippen LogP contribution in [0.1, 0.15) is 16.8 Å². The lowest BCUT2D eigenvalue weighted by molar-refractivity contribution is 0.0791. The molecule has 17 heavy (non-hydrogen) atoms. The van der Waals surface area contributed by atoms with Crippen molar-refractivity contribution in [1.29, 1.82) is 0 Å². The number of likely N-dealkylation sites (tertiary alicyclic amines) is 1. The quantitative estimate of drug-likeness (QED) is 0.758. The average Bonchev–Trinajstić information content (AvgIpc) is 2.95. The molecule has 0 saturated carbocycles. The lowest BCUT2D eigenvalue weighted by atomic mass is 10.2. The third kappa shape index (κ3) is 1.78. The van der Waals surface area contributed by atoms with Crippen molar-refractivity contribution in [1.82, 2.24) is 14.9 Å². The van der Waals surface area contributed by atoms with E-state index in [-0.39, 0.29) is 11.9 Å². The molecular formula is C12H14N4O. The van der Waals surface area contributed by atoms with Gasteiger partial charge in [0, 0.05) is 24.7 Å². The number of imidazole rings is 1. The molecule has 88 valence electrons. The monoisotopic (exact) mass is 230 g/mol. The smallest absolute Gasteiger partial charge is 0.253 e. The molecule has 1 atom stereocenters. The third-order valence-electron chi connectivity index (χ3n) is 3.18. The van der Waals surface area contributed by atoms with Gasteiger partial charge in [0.2, 0.25) is 0 Å². The van der Waals surface area contributed by atoms with Crippen molar-refractivity contribution in [2.45, 2.75) is 12.5 Å². The number of benzene rings is 1. The van der Waals surface area contributed by atoms with Crippen LogP contribution in [0.25, 0.3) is 11.0 Å². The number of H-pyrrole nitrogens is 1. The van der Waals surface area contributed by atoms with Crippen molar-refractivity contribution in [3.8, 4) is 0 Å². The van der Waals surface area contributed by atoms with Crippen molar-refractivity contribution >= 4 is 16.9 Å². The summed E-state index contributed by atoms with van der Waals surface area (Å²) in [7, 11) is 0. The maximum Gasteiger partial charge on any atom is 0.253 e. The lowest BCUT2D eigenvalue weighted by Crippen LogP contribution is -2.31. The molecule has 3 N–H and O–H groups in total. The summed E-state index contributed by atoms with van der Waals surface area (Å²) in [6.07, 6.45) is 2.52. The van der Waals surface area contributed by atoms with Crippen LogP contribution in [-0.2, 0) is 0 Å².